The van der Waals surface area contributed by atoms with Gasteiger partial charge < -0.3 is 29.3 Å². The van der Waals surface area contributed by atoms with E-state index in [1.807, 2.05) is 109 Å². The van der Waals surface area contributed by atoms with Crippen LogP contribution in [-0.4, -0.2) is 85.2 Å². The van der Waals surface area contributed by atoms with Crippen LogP contribution in [0.15, 0.2) is 115 Å². The second-order valence-corrected chi connectivity index (χ2v) is 16.4. The number of amides is 2. The van der Waals surface area contributed by atoms with Crippen molar-refractivity contribution in [1.82, 2.24) is 20.0 Å². The SMILES string of the molecule is CCOc1cccc(F)c1CN1CCN(C(=O)[C@H](NC(=O)OCc2ccccc2)C2CCN(CCc3cc(Cl)ccc3-c3cc(OCc4ccccc4)ccc3Cl)CC2)CC1. The minimum absolute atomic E-state index is 0.0858. The fourth-order valence-electron chi connectivity index (χ4n) is 8.16. The average Bonchev–Trinajstić information content (AvgIpc) is 3.29. The maximum atomic E-state index is 14.9. The van der Waals surface area contributed by atoms with Gasteiger partial charge in [-0.05, 0) is 110 Å². The number of ether oxygens (including phenoxy) is 3. The number of piperazine rings is 1. The first-order valence-corrected chi connectivity index (χ1v) is 21.9. The zero-order chi connectivity index (χ0) is 42.6. The van der Waals surface area contributed by atoms with Crippen LogP contribution in [0, 0.1) is 11.7 Å². The molecule has 320 valence electrons. The highest BCUT2D eigenvalue weighted by atomic mass is 35.5. The predicted octanol–water partition coefficient (Wildman–Crippen LogP) is 9.67. The first-order valence-electron chi connectivity index (χ1n) is 21.1. The van der Waals surface area contributed by atoms with E-state index in [0.717, 1.165) is 72.5 Å². The molecule has 1 atom stereocenters. The van der Waals surface area contributed by atoms with Gasteiger partial charge in [0.1, 0.15) is 36.6 Å². The average molecular weight is 868 g/mol. The third-order valence-electron chi connectivity index (χ3n) is 11.5. The minimum Gasteiger partial charge on any atom is -0.493 e. The number of alkyl carbamates (subject to hydrolysis) is 1. The van der Waals surface area contributed by atoms with Crippen LogP contribution < -0.4 is 14.8 Å². The second kappa shape index (κ2) is 21.6. The van der Waals surface area contributed by atoms with Crippen molar-refractivity contribution >= 4 is 35.2 Å². The molecule has 0 bridgehead atoms. The van der Waals surface area contributed by atoms with Gasteiger partial charge in [-0.15, -0.1) is 0 Å². The van der Waals surface area contributed by atoms with Crippen molar-refractivity contribution in [2.45, 2.75) is 52.0 Å². The molecule has 2 fully saturated rings. The second-order valence-electron chi connectivity index (χ2n) is 15.6. The van der Waals surface area contributed by atoms with Gasteiger partial charge in [-0.25, -0.2) is 9.18 Å². The number of rotatable bonds is 16. The Hall–Kier alpha value is -5.13. The lowest BCUT2D eigenvalue weighted by Gasteiger charge is -2.40. The zero-order valence-corrected chi connectivity index (χ0v) is 36.1. The molecule has 7 rings (SSSR count). The Kier molecular flexibility index (Phi) is 15.6. The van der Waals surface area contributed by atoms with E-state index in [9.17, 15) is 14.0 Å². The summed E-state index contributed by atoms with van der Waals surface area (Å²) in [4.78, 5) is 34.0. The van der Waals surface area contributed by atoms with Crippen LogP contribution in [0.2, 0.25) is 10.0 Å². The third-order valence-corrected chi connectivity index (χ3v) is 12.1. The summed E-state index contributed by atoms with van der Waals surface area (Å²) in [6.45, 7) is 7.61. The molecule has 5 aromatic rings. The lowest BCUT2D eigenvalue weighted by Crippen LogP contribution is -2.58. The molecule has 0 aliphatic carbocycles. The lowest BCUT2D eigenvalue weighted by molar-refractivity contribution is -0.137. The van der Waals surface area contributed by atoms with Crippen molar-refractivity contribution in [3.8, 4) is 22.6 Å². The molecular formula is C49H53Cl2FN4O5. The van der Waals surface area contributed by atoms with Crippen LogP contribution >= 0.6 is 23.2 Å². The highest BCUT2D eigenvalue weighted by Gasteiger charge is 2.37. The standard InChI is InChI=1S/C49H53Cl2FN4O5/c1-2-59-46-15-9-14-45(52)43(46)32-55-26-28-56(29-27-55)48(57)47(53-49(58)61-34-36-12-7-4-8-13-36)37-20-23-54(24-21-37)25-22-38-30-39(50)16-18-41(38)42-31-40(17-19-44(42)51)60-33-35-10-5-3-6-11-35/h3-19,30-31,37,47H,2,20-29,32-34H2,1H3,(H,53,58)/t47-/m1/s1. The van der Waals surface area contributed by atoms with E-state index in [4.69, 9.17) is 37.4 Å². The Labute approximate surface area is 368 Å². The quantitative estimate of drug-likeness (QED) is 0.106. The van der Waals surface area contributed by atoms with Gasteiger partial charge in [0.05, 0.1) is 6.61 Å². The van der Waals surface area contributed by atoms with Crippen molar-refractivity contribution in [1.29, 1.82) is 0 Å². The van der Waals surface area contributed by atoms with Gasteiger partial charge in [-0.1, -0.05) is 96.0 Å². The topological polar surface area (TPSA) is 83.6 Å². The summed E-state index contributed by atoms with van der Waals surface area (Å²) in [5.41, 5.74) is 5.43. The molecule has 2 saturated heterocycles. The summed E-state index contributed by atoms with van der Waals surface area (Å²) < 4.78 is 32.3. The Bertz CT molecular complexity index is 2220. The van der Waals surface area contributed by atoms with Crippen LogP contribution in [-0.2, 0) is 35.7 Å². The molecule has 2 amide bonds. The fraction of sp³-hybridized carbons (Fsp3) is 0.347. The molecule has 5 aromatic carbocycles. The Balaban J connectivity index is 0.982. The van der Waals surface area contributed by atoms with Gasteiger partial charge in [0.25, 0.3) is 0 Å². The van der Waals surface area contributed by atoms with E-state index < -0.39 is 12.1 Å². The Morgan fingerprint density at radius 2 is 1.46 bits per heavy atom. The van der Waals surface area contributed by atoms with Gasteiger partial charge in [0.15, 0.2) is 0 Å². The summed E-state index contributed by atoms with van der Waals surface area (Å²) in [7, 11) is 0. The van der Waals surface area contributed by atoms with Gasteiger partial charge in [0, 0.05) is 60.4 Å². The summed E-state index contributed by atoms with van der Waals surface area (Å²) >= 11 is 13.3. The smallest absolute Gasteiger partial charge is 0.408 e. The summed E-state index contributed by atoms with van der Waals surface area (Å²) in [5.74, 6) is 0.761. The maximum absolute atomic E-state index is 14.9. The van der Waals surface area contributed by atoms with Crippen LogP contribution in [0.3, 0.4) is 0 Å². The molecule has 0 unspecified atom stereocenters. The summed E-state index contributed by atoms with van der Waals surface area (Å²) in [5, 5.41) is 4.26. The van der Waals surface area contributed by atoms with E-state index in [1.165, 1.54) is 6.07 Å². The molecular weight excluding hydrogens is 814 g/mol. The van der Waals surface area contributed by atoms with Crippen molar-refractivity contribution in [2.24, 2.45) is 5.92 Å². The van der Waals surface area contributed by atoms with E-state index in [2.05, 4.69) is 15.1 Å². The van der Waals surface area contributed by atoms with Crippen LogP contribution in [0.1, 0.15) is 42.0 Å². The number of carbonyl (C=O) groups excluding carboxylic acids is 2. The van der Waals surface area contributed by atoms with Crippen LogP contribution in [0.25, 0.3) is 11.1 Å². The number of nitrogens with zero attached hydrogens (tertiary/aromatic N) is 3. The number of benzene rings is 5. The van der Waals surface area contributed by atoms with Crippen molar-refractivity contribution in [2.75, 3.05) is 52.4 Å². The molecule has 12 heteroatoms. The molecule has 2 aliphatic rings. The first kappa shape index (κ1) is 43.9. The van der Waals surface area contributed by atoms with Crippen LogP contribution in [0.4, 0.5) is 9.18 Å². The Morgan fingerprint density at radius 3 is 2.16 bits per heavy atom. The molecule has 0 saturated carbocycles. The molecule has 0 radical (unpaired) electrons. The Morgan fingerprint density at radius 1 is 0.754 bits per heavy atom. The van der Waals surface area contributed by atoms with Crippen molar-refractivity contribution < 1.29 is 28.2 Å². The monoisotopic (exact) mass is 866 g/mol. The number of likely N-dealkylation sites (tertiary alicyclic amines) is 1. The molecule has 61 heavy (non-hydrogen) atoms. The molecule has 2 aliphatic heterocycles. The lowest BCUT2D eigenvalue weighted by atomic mass is 9.88. The largest absolute Gasteiger partial charge is 0.493 e. The van der Waals surface area contributed by atoms with Gasteiger partial charge >= 0.3 is 6.09 Å². The van der Waals surface area contributed by atoms with E-state index in [1.54, 1.807) is 12.1 Å². The number of hydrogen-bond donors (Lipinski definition) is 1. The zero-order valence-electron chi connectivity index (χ0n) is 34.5. The van der Waals surface area contributed by atoms with Gasteiger partial charge in [0.2, 0.25) is 5.91 Å². The van der Waals surface area contributed by atoms with Crippen molar-refractivity contribution in [3.63, 3.8) is 0 Å². The maximum Gasteiger partial charge on any atom is 0.408 e. The minimum atomic E-state index is -0.744. The highest BCUT2D eigenvalue weighted by molar-refractivity contribution is 6.33. The predicted molar refractivity (Wildman–Crippen MR) is 239 cm³/mol. The number of piperidine rings is 1. The molecule has 1 N–H and O–H groups in total. The van der Waals surface area contributed by atoms with Gasteiger partial charge in [-0.3, -0.25) is 9.69 Å². The van der Waals surface area contributed by atoms with Gasteiger partial charge in [-0.2, -0.15) is 0 Å². The third kappa shape index (κ3) is 12.0. The van der Waals surface area contributed by atoms with Crippen molar-refractivity contribution in [3.05, 3.63) is 153 Å². The number of hydrogen-bond acceptors (Lipinski definition) is 7. The number of nitrogens with one attached hydrogen (secondary N) is 1. The first-order chi connectivity index (χ1) is 29.7. The molecule has 0 aromatic heterocycles. The fourth-order valence-corrected chi connectivity index (χ4v) is 8.58. The van der Waals surface area contributed by atoms with Crippen LogP contribution in [0.5, 0.6) is 11.5 Å². The van der Waals surface area contributed by atoms with E-state index in [0.29, 0.717) is 67.3 Å². The molecule has 0 spiro atoms. The molecule has 2 heterocycles. The van der Waals surface area contributed by atoms with E-state index >= 15 is 0 Å². The summed E-state index contributed by atoms with van der Waals surface area (Å²) in [6, 6.07) is 35.3. The molecule has 9 nitrogen and oxygen atoms in total. The normalized spacial score (nSPS) is 15.6. The highest BCUT2D eigenvalue weighted by Crippen LogP contribution is 2.36. The summed E-state index contributed by atoms with van der Waals surface area (Å²) in [6.07, 6.45) is 1.56. The van der Waals surface area contributed by atoms with E-state index in [-0.39, 0.29) is 24.2 Å². The number of carbonyl (C=O) groups is 2. The number of halogens is 3.